The maximum atomic E-state index is 5.13. The molecule has 0 aliphatic carbocycles. The van der Waals surface area contributed by atoms with E-state index in [2.05, 4.69) is 48.4 Å². The lowest BCUT2D eigenvalue weighted by atomic mass is 10.2. The number of nitrogens with zero attached hydrogens (tertiary/aromatic N) is 1. The number of hydrogen-bond donors (Lipinski definition) is 0. The van der Waals surface area contributed by atoms with E-state index in [1.54, 1.807) is 11.8 Å². The maximum Gasteiger partial charge on any atom is 0.120 e. The maximum absolute atomic E-state index is 5.13. The van der Waals surface area contributed by atoms with Crippen molar-refractivity contribution >= 4 is 35.0 Å². The molecule has 1 nitrogen and oxygen atoms in total. The zero-order chi connectivity index (χ0) is 10.9. The molecule has 2 rings (SSSR count). The number of thioether (sulfide) groups is 1. The van der Waals surface area contributed by atoms with Crippen LogP contribution in [0, 0.1) is 0 Å². The van der Waals surface area contributed by atoms with Crippen molar-refractivity contribution in [2.45, 2.75) is 18.7 Å². The van der Waals surface area contributed by atoms with Crippen LogP contribution in [0.4, 0.5) is 5.69 Å². The SMILES string of the molecule is CC1=CSC(C)(C=S)N1c1ccccc1. The molecule has 0 N–H and O–H groups in total. The van der Waals surface area contributed by atoms with Crippen molar-refractivity contribution in [1.29, 1.82) is 0 Å². The number of thiocarbonyl (C=S) groups is 1. The van der Waals surface area contributed by atoms with Gasteiger partial charge in [-0.1, -0.05) is 42.2 Å². The summed E-state index contributed by atoms with van der Waals surface area (Å²) in [4.78, 5) is 2.14. The van der Waals surface area contributed by atoms with Crippen LogP contribution in [0.1, 0.15) is 13.8 Å². The van der Waals surface area contributed by atoms with Gasteiger partial charge < -0.3 is 4.90 Å². The van der Waals surface area contributed by atoms with E-state index in [0.717, 1.165) is 0 Å². The first-order valence-electron chi connectivity index (χ1n) is 4.83. The van der Waals surface area contributed by atoms with Gasteiger partial charge in [0.15, 0.2) is 0 Å². The fraction of sp³-hybridized carbons (Fsp3) is 0.250. The smallest absolute Gasteiger partial charge is 0.120 e. The molecule has 1 aliphatic rings. The lowest BCUT2D eigenvalue weighted by molar-refractivity contribution is 0.837. The summed E-state index contributed by atoms with van der Waals surface area (Å²) < 4.78 is 0. The van der Waals surface area contributed by atoms with Gasteiger partial charge >= 0.3 is 0 Å². The quantitative estimate of drug-likeness (QED) is 0.717. The number of para-hydroxylation sites is 1. The Labute approximate surface area is 100 Å². The second kappa shape index (κ2) is 3.99. The topological polar surface area (TPSA) is 3.24 Å². The van der Waals surface area contributed by atoms with E-state index in [9.17, 15) is 0 Å². The summed E-state index contributed by atoms with van der Waals surface area (Å²) in [6.45, 7) is 4.26. The molecule has 1 heterocycles. The van der Waals surface area contributed by atoms with E-state index in [4.69, 9.17) is 12.2 Å². The Hall–Kier alpha value is -0.800. The lowest BCUT2D eigenvalue weighted by Gasteiger charge is -2.34. The van der Waals surface area contributed by atoms with Gasteiger partial charge in [-0.3, -0.25) is 0 Å². The highest BCUT2D eigenvalue weighted by molar-refractivity contribution is 8.05. The third-order valence-corrected chi connectivity index (χ3v) is 4.34. The van der Waals surface area contributed by atoms with Crippen molar-refractivity contribution < 1.29 is 0 Å². The van der Waals surface area contributed by atoms with Crippen LogP contribution in [0.5, 0.6) is 0 Å². The Morgan fingerprint density at radius 1 is 1.33 bits per heavy atom. The number of rotatable bonds is 2. The molecule has 0 radical (unpaired) electrons. The minimum atomic E-state index is -0.124. The van der Waals surface area contributed by atoms with Crippen molar-refractivity contribution in [1.82, 2.24) is 0 Å². The van der Waals surface area contributed by atoms with Gasteiger partial charge in [0.25, 0.3) is 0 Å². The van der Waals surface area contributed by atoms with Gasteiger partial charge in [0.2, 0.25) is 0 Å². The summed E-state index contributed by atoms with van der Waals surface area (Å²) in [7, 11) is 0. The third kappa shape index (κ3) is 1.82. The van der Waals surface area contributed by atoms with Gasteiger partial charge in [-0.25, -0.2) is 0 Å². The molecule has 0 saturated heterocycles. The predicted molar refractivity (Wildman–Crippen MR) is 72.3 cm³/mol. The summed E-state index contributed by atoms with van der Waals surface area (Å²) in [5.41, 5.74) is 2.44. The zero-order valence-electron chi connectivity index (χ0n) is 8.81. The molecule has 1 unspecified atom stereocenters. The highest BCUT2D eigenvalue weighted by Gasteiger charge is 2.35. The first-order chi connectivity index (χ1) is 7.17. The molecule has 3 heteroatoms. The van der Waals surface area contributed by atoms with Gasteiger partial charge in [0, 0.05) is 16.8 Å². The summed E-state index contributed by atoms with van der Waals surface area (Å²) in [6.07, 6.45) is 0. The Balaban J connectivity index is 2.42. The summed E-state index contributed by atoms with van der Waals surface area (Å²) >= 11 is 6.89. The molecule has 1 aromatic carbocycles. The first kappa shape index (κ1) is 10.7. The van der Waals surface area contributed by atoms with Crippen LogP contribution in [-0.4, -0.2) is 10.2 Å². The molecule has 0 spiro atoms. The standard InChI is InChI=1S/C12H13NS2/c1-10-8-15-12(2,9-14)13(10)11-6-4-3-5-7-11/h3-9H,1-2H3. The van der Waals surface area contributed by atoms with Gasteiger partial charge in [-0.2, -0.15) is 0 Å². The van der Waals surface area contributed by atoms with Crippen LogP contribution in [0.25, 0.3) is 0 Å². The zero-order valence-corrected chi connectivity index (χ0v) is 10.4. The minimum Gasteiger partial charge on any atom is -0.325 e. The van der Waals surface area contributed by atoms with Crippen LogP contribution in [0.15, 0.2) is 41.4 Å². The van der Waals surface area contributed by atoms with E-state index in [1.807, 2.05) is 11.4 Å². The molecule has 0 saturated carbocycles. The van der Waals surface area contributed by atoms with Crippen LogP contribution in [0.3, 0.4) is 0 Å². The molecule has 1 aliphatic heterocycles. The molecule has 0 bridgehead atoms. The number of benzene rings is 1. The van der Waals surface area contributed by atoms with Crippen LogP contribution in [-0.2, 0) is 0 Å². The molecule has 78 valence electrons. The Morgan fingerprint density at radius 2 is 2.00 bits per heavy atom. The average Bonchev–Trinajstić information content (AvgIpc) is 2.57. The monoisotopic (exact) mass is 235 g/mol. The van der Waals surface area contributed by atoms with Gasteiger partial charge in [0.05, 0.1) is 0 Å². The third-order valence-electron chi connectivity index (χ3n) is 2.50. The molecule has 0 amide bonds. The number of allylic oxidation sites excluding steroid dienone is 1. The van der Waals surface area contributed by atoms with E-state index in [0.29, 0.717) is 0 Å². The Kier molecular flexibility index (Phi) is 2.85. The van der Waals surface area contributed by atoms with E-state index >= 15 is 0 Å². The fourth-order valence-electron chi connectivity index (χ4n) is 1.78. The van der Waals surface area contributed by atoms with Crippen molar-refractivity contribution in [3.63, 3.8) is 0 Å². The van der Waals surface area contributed by atoms with E-state index in [-0.39, 0.29) is 4.87 Å². The molecular formula is C12H13NS2. The van der Waals surface area contributed by atoms with Crippen LogP contribution in [0.2, 0.25) is 0 Å². The molecular weight excluding hydrogens is 222 g/mol. The number of hydrogen-bond acceptors (Lipinski definition) is 3. The van der Waals surface area contributed by atoms with Crippen molar-refractivity contribution in [3.05, 3.63) is 41.4 Å². The van der Waals surface area contributed by atoms with Gasteiger partial charge in [-0.15, -0.1) is 0 Å². The predicted octanol–water partition coefficient (Wildman–Crippen LogP) is 3.82. The normalized spacial score (nSPS) is 25.2. The second-order valence-electron chi connectivity index (χ2n) is 3.72. The lowest BCUT2D eigenvalue weighted by Crippen LogP contribution is -2.40. The Morgan fingerprint density at radius 3 is 2.60 bits per heavy atom. The molecule has 1 atom stereocenters. The molecule has 1 aromatic rings. The van der Waals surface area contributed by atoms with Gasteiger partial charge in [0.1, 0.15) is 4.87 Å². The highest BCUT2D eigenvalue weighted by Crippen LogP contribution is 2.42. The van der Waals surface area contributed by atoms with Crippen LogP contribution < -0.4 is 4.90 Å². The van der Waals surface area contributed by atoms with Crippen molar-refractivity contribution in [2.75, 3.05) is 4.90 Å². The summed E-state index contributed by atoms with van der Waals surface area (Å²) in [6, 6.07) is 10.4. The highest BCUT2D eigenvalue weighted by atomic mass is 32.2. The minimum absolute atomic E-state index is 0.124. The van der Waals surface area contributed by atoms with E-state index < -0.39 is 0 Å². The van der Waals surface area contributed by atoms with Crippen molar-refractivity contribution in [3.8, 4) is 0 Å². The van der Waals surface area contributed by atoms with Crippen LogP contribution >= 0.6 is 24.0 Å². The van der Waals surface area contributed by atoms with Gasteiger partial charge in [-0.05, 0) is 31.4 Å². The Bertz CT molecular complexity index is 399. The fourth-order valence-corrected chi connectivity index (χ4v) is 2.97. The van der Waals surface area contributed by atoms with E-state index in [1.165, 1.54) is 11.4 Å². The van der Waals surface area contributed by atoms with Crippen molar-refractivity contribution in [2.24, 2.45) is 0 Å². The number of anilines is 1. The molecule has 0 aromatic heterocycles. The largest absolute Gasteiger partial charge is 0.325 e. The second-order valence-corrected chi connectivity index (χ2v) is 5.25. The first-order valence-corrected chi connectivity index (χ1v) is 6.19. The molecule has 15 heavy (non-hydrogen) atoms. The molecule has 0 fully saturated rings. The average molecular weight is 235 g/mol. The summed E-state index contributed by atoms with van der Waals surface area (Å²) in [5.74, 6) is 0. The summed E-state index contributed by atoms with van der Waals surface area (Å²) in [5, 5.41) is 3.99.